The molecule has 0 radical (unpaired) electrons. The highest BCUT2D eigenvalue weighted by atomic mass is 79.9. The van der Waals surface area contributed by atoms with E-state index in [1.54, 1.807) is 0 Å². The number of halogens is 2. The van der Waals surface area contributed by atoms with Crippen molar-refractivity contribution in [1.29, 1.82) is 0 Å². The summed E-state index contributed by atoms with van der Waals surface area (Å²) in [5.41, 5.74) is 1.29. The van der Waals surface area contributed by atoms with Crippen LogP contribution in [0.4, 0.5) is 0 Å². The first-order chi connectivity index (χ1) is 8.28. The number of hydrogen-bond donors (Lipinski definition) is 0. The number of aromatic nitrogens is 1. The molecule has 3 nitrogen and oxygen atoms in total. The van der Waals surface area contributed by atoms with Gasteiger partial charge in [0.1, 0.15) is 0 Å². The molecule has 0 saturated carbocycles. The van der Waals surface area contributed by atoms with Crippen molar-refractivity contribution < 1.29 is 0 Å². The lowest BCUT2D eigenvalue weighted by Crippen LogP contribution is -2.46. The predicted molar refractivity (Wildman–Crippen MR) is 77.4 cm³/mol. The molecule has 1 aromatic rings. The number of nitrogens with zero attached hydrogens (tertiary/aromatic N) is 3. The molecule has 0 aromatic carbocycles. The first kappa shape index (κ1) is 13.5. The largest absolute Gasteiger partial charge is 0.300 e. The van der Waals surface area contributed by atoms with Crippen molar-refractivity contribution in [2.45, 2.75) is 6.54 Å². The van der Waals surface area contributed by atoms with Crippen LogP contribution in [0.25, 0.3) is 0 Å². The average molecular weight is 363 g/mol. The molecule has 5 heteroatoms. The maximum absolute atomic E-state index is 4.20. The minimum absolute atomic E-state index is 1.01. The van der Waals surface area contributed by atoms with E-state index in [1.165, 1.54) is 18.7 Å². The Labute approximate surface area is 119 Å². The van der Waals surface area contributed by atoms with Gasteiger partial charge in [0.25, 0.3) is 0 Å². The summed E-state index contributed by atoms with van der Waals surface area (Å²) in [4.78, 5) is 9.20. The zero-order chi connectivity index (χ0) is 12.1. The van der Waals surface area contributed by atoms with Crippen LogP contribution in [0.5, 0.6) is 0 Å². The molecule has 0 atom stereocenters. The van der Waals surface area contributed by atoms with Gasteiger partial charge in [-0.05, 0) is 27.6 Å². The molecular formula is C12H17Br2N3. The van der Waals surface area contributed by atoms with Crippen LogP contribution >= 0.6 is 31.9 Å². The monoisotopic (exact) mass is 361 g/mol. The molecule has 1 aliphatic rings. The lowest BCUT2D eigenvalue weighted by atomic mass is 10.2. The fourth-order valence-electron chi connectivity index (χ4n) is 2.09. The van der Waals surface area contributed by atoms with E-state index in [9.17, 15) is 0 Å². The van der Waals surface area contributed by atoms with Crippen molar-refractivity contribution in [3.63, 3.8) is 0 Å². The molecule has 2 rings (SSSR count). The smallest absolute Gasteiger partial charge is 0.0410 e. The van der Waals surface area contributed by atoms with E-state index in [0.29, 0.717) is 0 Å². The van der Waals surface area contributed by atoms with E-state index in [4.69, 9.17) is 0 Å². The quantitative estimate of drug-likeness (QED) is 0.766. The second kappa shape index (κ2) is 6.83. The summed E-state index contributed by atoms with van der Waals surface area (Å²) in [6, 6.07) is 2.15. The summed E-state index contributed by atoms with van der Waals surface area (Å²) < 4.78 is 1.06. The van der Waals surface area contributed by atoms with Gasteiger partial charge in [-0.1, -0.05) is 15.9 Å². The van der Waals surface area contributed by atoms with E-state index in [-0.39, 0.29) is 0 Å². The summed E-state index contributed by atoms with van der Waals surface area (Å²) in [6.07, 6.45) is 3.78. The Morgan fingerprint density at radius 1 is 1.12 bits per heavy atom. The summed E-state index contributed by atoms with van der Waals surface area (Å²) in [5, 5.41) is 1.07. The third-order valence-electron chi connectivity index (χ3n) is 3.03. The van der Waals surface area contributed by atoms with Gasteiger partial charge in [-0.25, -0.2) is 0 Å². The lowest BCUT2D eigenvalue weighted by Gasteiger charge is -2.34. The summed E-state index contributed by atoms with van der Waals surface area (Å²) >= 11 is 6.96. The van der Waals surface area contributed by atoms with E-state index < -0.39 is 0 Å². The summed E-state index contributed by atoms with van der Waals surface area (Å²) in [7, 11) is 0. The Balaban J connectivity index is 1.82. The molecular weight excluding hydrogens is 346 g/mol. The van der Waals surface area contributed by atoms with Gasteiger partial charge in [-0.15, -0.1) is 0 Å². The maximum Gasteiger partial charge on any atom is 0.0410 e. The third-order valence-corrected chi connectivity index (χ3v) is 3.82. The Morgan fingerprint density at radius 3 is 2.47 bits per heavy atom. The summed E-state index contributed by atoms with van der Waals surface area (Å²) in [5.74, 6) is 0. The van der Waals surface area contributed by atoms with Crippen LogP contribution in [0.1, 0.15) is 5.56 Å². The second-order valence-corrected chi connectivity index (χ2v) is 6.03. The zero-order valence-electron chi connectivity index (χ0n) is 9.78. The standard InChI is InChI=1S/C12H17Br2N3/c13-1-2-16-3-5-17(6-4-16)10-11-7-12(14)9-15-8-11/h7-9H,1-6,10H2. The molecule has 1 saturated heterocycles. The number of rotatable bonds is 4. The van der Waals surface area contributed by atoms with Crippen molar-refractivity contribution in [3.05, 3.63) is 28.5 Å². The van der Waals surface area contributed by atoms with E-state index >= 15 is 0 Å². The van der Waals surface area contributed by atoms with Gasteiger partial charge in [0.2, 0.25) is 0 Å². The Hall–Kier alpha value is 0.0300. The minimum Gasteiger partial charge on any atom is -0.300 e. The van der Waals surface area contributed by atoms with Crippen LogP contribution in [-0.4, -0.2) is 52.8 Å². The van der Waals surface area contributed by atoms with Gasteiger partial charge in [0.15, 0.2) is 0 Å². The van der Waals surface area contributed by atoms with Crippen molar-refractivity contribution in [2.75, 3.05) is 38.1 Å². The van der Waals surface area contributed by atoms with Gasteiger partial charge >= 0.3 is 0 Å². The molecule has 1 aromatic heterocycles. The fraction of sp³-hybridized carbons (Fsp3) is 0.583. The van der Waals surface area contributed by atoms with Crippen LogP contribution < -0.4 is 0 Å². The topological polar surface area (TPSA) is 19.4 Å². The van der Waals surface area contributed by atoms with Crippen LogP contribution in [0.3, 0.4) is 0 Å². The van der Waals surface area contributed by atoms with Gasteiger partial charge in [0, 0.05) is 61.5 Å². The molecule has 0 N–H and O–H groups in total. The molecule has 0 spiro atoms. The van der Waals surface area contributed by atoms with E-state index in [0.717, 1.165) is 36.0 Å². The number of alkyl halides is 1. The fourth-order valence-corrected chi connectivity index (χ4v) is 3.00. The predicted octanol–water partition coefficient (Wildman–Crippen LogP) is 2.36. The zero-order valence-corrected chi connectivity index (χ0v) is 13.0. The molecule has 1 fully saturated rings. The van der Waals surface area contributed by atoms with Gasteiger partial charge in [-0.2, -0.15) is 0 Å². The van der Waals surface area contributed by atoms with Crippen molar-refractivity contribution in [3.8, 4) is 0 Å². The van der Waals surface area contributed by atoms with Crippen molar-refractivity contribution in [1.82, 2.24) is 14.8 Å². The van der Waals surface area contributed by atoms with Crippen LogP contribution in [0.15, 0.2) is 22.9 Å². The highest BCUT2D eigenvalue weighted by Gasteiger charge is 2.16. The lowest BCUT2D eigenvalue weighted by molar-refractivity contribution is 0.133. The number of hydrogen-bond acceptors (Lipinski definition) is 3. The highest BCUT2D eigenvalue weighted by Crippen LogP contribution is 2.13. The molecule has 17 heavy (non-hydrogen) atoms. The molecule has 2 heterocycles. The van der Waals surface area contributed by atoms with Gasteiger partial charge in [0.05, 0.1) is 0 Å². The number of piperazine rings is 1. The van der Waals surface area contributed by atoms with Crippen molar-refractivity contribution in [2.24, 2.45) is 0 Å². The van der Waals surface area contributed by atoms with E-state index in [2.05, 4.69) is 52.7 Å². The molecule has 94 valence electrons. The van der Waals surface area contributed by atoms with Crippen LogP contribution in [-0.2, 0) is 6.54 Å². The third kappa shape index (κ3) is 4.32. The first-order valence-corrected chi connectivity index (χ1v) is 7.79. The van der Waals surface area contributed by atoms with E-state index in [1.807, 2.05) is 12.4 Å². The molecule has 0 unspecified atom stereocenters. The van der Waals surface area contributed by atoms with Crippen LogP contribution in [0.2, 0.25) is 0 Å². The normalized spacial score (nSPS) is 18.5. The summed E-state index contributed by atoms with van der Waals surface area (Å²) in [6.45, 7) is 6.82. The first-order valence-electron chi connectivity index (χ1n) is 5.88. The second-order valence-electron chi connectivity index (χ2n) is 4.32. The molecule has 0 aliphatic carbocycles. The van der Waals surface area contributed by atoms with Crippen molar-refractivity contribution >= 4 is 31.9 Å². The van der Waals surface area contributed by atoms with Gasteiger partial charge < -0.3 is 0 Å². The Kier molecular flexibility index (Phi) is 5.41. The van der Waals surface area contributed by atoms with Gasteiger partial charge in [-0.3, -0.25) is 14.8 Å². The average Bonchev–Trinajstić information content (AvgIpc) is 2.32. The van der Waals surface area contributed by atoms with Crippen LogP contribution in [0, 0.1) is 0 Å². The Bertz CT molecular complexity index is 351. The molecule has 0 amide bonds. The SMILES string of the molecule is BrCCN1CCN(Cc2cncc(Br)c2)CC1. The minimum atomic E-state index is 1.01. The highest BCUT2D eigenvalue weighted by molar-refractivity contribution is 9.10. The molecule has 0 bridgehead atoms. The Morgan fingerprint density at radius 2 is 1.82 bits per heavy atom. The number of pyridine rings is 1. The molecule has 1 aliphatic heterocycles. The maximum atomic E-state index is 4.20.